The third-order valence-electron chi connectivity index (χ3n) is 5.45. The number of fused-ring (bicyclic) bond motifs is 1. The molecule has 2 unspecified atom stereocenters. The van der Waals surface area contributed by atoms with Gasteiger partial charge in [0.15, 0.2) is 0 Å². The third-order valence-corrected chi connectivity index (χ3v) is 5.92. The van der Waals surface area contributed by atoms with Crippen molar-refractivity contribution in [2.24, 2.45) is 11.8 Å². The summed E-state index contributed by atoms with van der Waals surface area (Å²) < 4.78 is 11.6. The fraction of sp³-hybridized carbons (Fsp3) is 0.400. The predicted octanol–water partition coefficient (Wildman–Crippen LogP) is 3.07. The van der Waals surface area contributed by atoms with Crippen molar-refractivity contribution in [3.63, 3.8) is 0 Å². The SMILES string of the molecule is COc1ccc(C(=O)N2CC3CN(c4ccc(Br)cn4)CC3C2)c(OC)c1. The second-order valence-corrected chi connectivity index (χ2v) is 7.95. The number of amides is 1. The van der Waals surface area contributed by atoms with E-state index >= 15 is 0 Å². The second kappa shape index (κ2) is 7.38. The topological polar surface area (TPSA) is 54.9 Å². The summed E-state index contributed by atoms with van der Waals surface area (Å²) in [5.41, 5.74) is 0.588. The Morgan fingerprint density at radius 1 is 1.07 bits per heavy atom. The summed E-state index contributed by atoms with van der Waals surface area (Å²) in [5, 5.41) is 0. The van der Waals surface area contributed by atoms with Gasteiger partial charge in [-0.25, -0.2) is 4.98 Å². The van der Waals surface area contributed by atoms with Crippen LogP contribution in [0.25, 0.3) is 0 Å². The Bertz CT molecular complexity index is 829. The Morgan fingerprint density at radius 3 is 2.41 bits per heavy atom. The molecule has 1 aromatic carbocycles. The summed E-state index contributed by atoms with van der Waals surface area (Å²) in [5.74, 6) is 3.21. The molecule has 1 aromatic heterocycles. The summed E-state index contributed by atoms with van der Waals surface area (Å²) in [6.45, 7) is 3.41. The second-order valence-electron chi connectivity index (χ2n) is 7.04. The lowest BCUT2D eigenvalue weighted by molar-refractivity contribution is 0.0779. The van der Waals surface area contributed by atoms with Crippen LogP contribution in [0.5, 0.6) is 11.5 Å². The van der Waals surface area contributed by atoms with Gasteiger partial charge in [-0.15, -0.1) is 0 Å². The highest BCUT2D eigenvalue weighted by atomic mass is 79.9. The average molecular weight is 432 g/mol. The number of anilines is 1. The number of pyridine rings is 1. The maximum Gasteiger partial charge on any atom is 0.257 e. The fourth-order valence-electron chi connectivity index (χ4n) is 4.05. The minimum absolute atomic E-state index is 0.0252. The lowest BCUT2D eigenvalue weighted by atomic mass is 10.0. The largest absolute Gasteiger partial charge is 0.497 e. The quantitative estimate of drug-likeness (QED) is 0.744. The van der Waals surface area contributed by atoms with Crippen LogP contribution in [-0.4, -0.2) is 56.2 Å². The number of likely N-dealkylation sites (tertiary alicyclic amines) is 1. The van der Waals surface area contributed by atoms with Gasteiger partial charge in [-0.2, -0.15) is 0 Å². The molecule has 0 spiro atoms. The number of hydrogen-bond acceptors (Lipinski definition) is 5. The van der Waals surface area contributed by atoms with Gasteiger partial charge in [0.2, 0.25) is 0 Å². The Hall–Kier alpha value is -2.28. The molecular formula is C20H22BrN3O3. The van der Waals surface area contributed by atoms with Crippen molar-refractivity contribution in [3.8, 4) is 11.5 Å². The van der Waals surface area contributed by atoms with Crippen LogP contribution < -0.4 is 14.4 Å². The summed E-state index contributed by atoms with van der Waals surface area (Å²) >= 11 is 3.43. The molecule has 0 bridgehead atoms. The van der Waals surface area contributed by atoms with Crippen LogP contribution in [0.15, 0.2) is 41.0 Å². The van der Waals surface area contributed by atoms with Crippen LogP contribution in [0.4, 0.5) is 5.82 Å². The van der Waals surface area contributed by atoms with Crippen LogP contribution in [0.2, 0.25) is 0 Å². The van der Waals surface area contributed by atoms with E-state index in [1.165, 1.54) is 0 Å². The van der Waals surface area contributed by atoms with E-state index in [0.29, 0.717) is 28.9 Å². The van der Waals surface area contributed by atoms with Gasteiger partial charge < -0.3 is 19.3 Å². The predicted molar refractivity (Wildman–Crippen MR) is 107 cm³/mol. The van der Waals surface area contributed by atoms with Gasteiger partial charge in [0.05, 0.1) is 19.8 Å². The zero-order valence-corrected chi connectivity index (χ0v) is 17.0. The van der Waals surface area contributed by atoms with E-state index in [0.717, 1.165) is 36.5 Å². The molecule has 2 fully saturated rings. The van der Waals surface area contributed by atoms with E-state index in [9.17, 15) is 4.79 Å². The first kappa shape index (κ1) is 18.1. The first-order chi connectivity index (χ1) is 13.1. The molecule has 2 aliphatic rings. The first-order valence-corrected chi connectivity index (χ1v) is 9.76. The monoisotopic (exact) mass is 431 g/mol. The van der Waals surface area contributed by atoms with Gasteiger partial charge >= 0.3 is 0 Å². The molecule has 2 aromatic rings. The maximum atomic E-state index is 13.0. The molecule has 6 nitrogen and oxygen atoms in total. The number of carbonyl (C=O) groups excluding carboxylic acids is 1. The number of methoxy groups -OCH3 is 2. The normalized spacial score (nSPS) is 21.3. The molecular weight excluding hydrogens is 410 g/mol. The number of rotatable bonds is 4. The number of aromatic nitrogens is 1. The number of benzene rings is 1. The third kappa shape index (κ3) is 3.48. The number of halogens is 1. The molecule has 3 heterocycles. The lowest BCUT2D eigenvalue weighted by Crippen LogP contribution is -2.33. The number of hydrogen-bond donors (Lipinski definition) is 0. The Morgan fingerprint density at radius 2 is 1.81 bits per heavy atom. The van der Waals surface area contributed by atoms with E-state index in [1.807, 2.05) is 23.2 Å². The van der Waals surface area contributed by atoms with Crippen molar-refractivity contribution >= 4 is 27.7 Å². The van der Waals surface area contributed by atoms with E-state index in [-0.39, 0.29) is 5.91 Å². The van der Waals surface area contributed by atoms with Crippen LogP contribution in [0.3, 0.4) is 0 Å². The molecule has 0 N–H and O–H groups in total. The molecule has 0 aliphatic carbocycles. The number of carbonyl (C=O) groups is 1. The zero-order valence-electron chi connectivity index (χ0n) is 15.4. The van der Waals surface area contributed by atoms with E-state index < -0.39 is 0 Å². The van der Waals surface area contributed by atoms with E-state index in [2.05, 4.69) is 25.8 Å². The van der Waals surface area contributed by atoms with Gasteiger partial charge in [-0.1, -0.05) is 0 Å². The van der Waals surface area contributed by atoms with Crippen LogP contribution in [-0.2, 0) is 0 Å². The molecule has 2 atom stereocenters. The Labute approximate surface area is 167 Å². The van der Waals surface area contributed by atoms with Crippen molar-refractivity contribution in [2.75, 3.05) is 45.3 Å². The molecule has 0 saturated carbocycles. The van der Waals surface area contributed by atoms with Crippen LogP contribution >= 0.6 is 15.9 Å². The summed E-state index contributed by atoms with van der Waals surface area (Å²) in [7, 11) is 3.18. The molecule has 0 radical (unpaired) electrons. The van der Waals surface area contributed by atoms with Gasteiger partial charge in [0.25, 0.3) is 5.91 Å². The highest BCUT2D eigenvalue weighted by molar-refractivity contribution is 9.10. The molecule has 2 saturated heterocycles. The first-order valence-electron chi connectivity index (χ1n) is 8.97. The van der Waals surface area contributed by atoms with Crippen molar-refractivity contribution in [3.05, 3.63) is 46.6 Å². The Balaban J connectivity index is 1.44. The summed E-state index contributed by atoms with van der Waals surface area (Å²) in [4.78, 5) is 21.8. The number of nitrogens with zero attached hydrogens (tertiary/aromatic N) is 3. The highest BCUT2D eigenvalue weighted by Gasteiger charge is 2.42. The molecule has 2 aliphatic heterocycles. The van der Waals surface area contributed by atoms with Crippen LogP contribution in [0.1, 0.15) is 10.4 Å². The Kier molecular flexibility index (Phi) is 4.95. The average Bonchev–Trinajstić information content (AvgIpc) is 3.26. The fourth-order valence-corrected chi connectivity index (χ4v) is 4.28. The molecule has 4 rings (SSSR count). The maximum absolute atomic E-state index is 13.0. The van der Waals surface area contributed by atoms with Crippen LogP contribution in [0, 0.1) is 11.8 Å². The molecule has 7 heteroatoms. The smallest absolute Gasteiger partial charge is 0.257 e. The minimum atomic E-state index is 0.0252. The van der Waals surface area contributed by atoms with Gasteiger partial charge in [-0.05, 0) is 40.2 Å². The van der Waals surface area contributed by atoms with Crippen molar-refractivity contribution in [1.29, 1.82) is 0 Å². The van der Waals surface area contributed by atoms with Gasteiger partial charge in [-0.3, -0.25) is 4.79 Å². The molecule has 142 valence electrons. The molecule has 1 amide bonds. The highest BCUT2D eigenvalue weighted by Crippen LogP contribution is 2.35. The zero-order chi connectivity index (χ0) is 19.0. The van der Waals surface area contributed by atoms with E-state index in [1.54, 1.807) is 32.4 Å². The lowest BCUT2D eigenvalue weighted by Gasteiger charge is -2.23. The summed E-state index contributed by atoms with van der Waals surface area (Å²) in [6, 6.07) is 9.39. The van der Waals surface area contributed by atoms with Gasteiger partial charge in [0, 0.05) is 54.8 Å². The molecule has 27 heavy (non-hydrogen) atoms. The van der Waals surface area contributed by atoms with Crippen molar-refractivity contribution in [2.45, 2.75) is 0 Å². The summed E-state index contributed by atoms with van der Waals surface area (Å²) in [6.07, 6.45) is 1.83. The van der Waals surface area contributed by atoms with Crippen molar-refractivity contribution in [1.82, 2.24) is 9.88 Å². The standard InChI is InChI=1S/C20H22BrN3O3/c1-26-16-4-5-17(18(7-16)27-2)20(25)24-11-13-9-23(10-14(13)12-24)19-6-3-15(21)8-22-19/h3-8,13-14H,9-12H2,1-2H3. The number of ether oxygens (including phenoxy) is 2. The van der Waals surface area contributed by atoms with Crippen molar-refractivity contribution < 1.29 is 14.3 Å². The minimum Gasteiger partial charge on any atom is -0.497 e. The van der Waals surface area contributed by atoms with Gasteiger partial charge in [0.1, 0.15) is 17.3 Å². The van der Waals surface area contributed by atoms with E-state index in [4.69, 9.17) is 9.47 Å².